The number of hydrogen-bond donors (Lipinski definition) is 2. The van der Waals surface area contributed by atoms with Crippen molar-refractivity contribution in [1.82, 2.24) is 10.6 Å². The maximum absolute atomic E-state index is 5.34. The summed E-state index contributed by atoms with van der Waals surface area (Å²) in [5.74, 6) is 2.39. The van der Waals surface area contributed by atoms with Crippen LogP contribution in [0.3, 0.4) is 0 Å². The number of benzene rings is 1. The van der Waals surface area contributed by atoms with Crippen molar-refractivity contribution in [1.29, 1.82) is 0 Å². The fraction of sp³-hybridized carbons (Fsp3) is 0.421. The Morgan fingerprint density at radius 3 is 2.46 bits per heavy atom. The lowest BCUT2D eigenvalue weighted by atomic mass is 10.1. The lowest BCUT2D eigenvalue weighted by Crippen LogP contribution is -2.38. The Morgan fingerprint density at radius 2 is 1.81 bits per heavy atom. The van der Waals surface area contributed by atoms with E-state index in [-0.39, 0.29) is 24.0 Å². The van der Waals surface area contributed by atoms with Gasteiger partial charge in [-0.05, 0) is 48.4 Å². The van der Waals surface area contributed by atoms with Crippen LogP contribution in [0, 0.1) is 0 Å². The third-order valence-corrected chi connectivity index (χ3v) is 4.79. The van der Waals surface area contributed by atoms with E-state index < -0.39 is 0 Å². The minimum absolute atomic E-state index is 0. The van der Waals surface area contributed by atoms with Crippen LogP contribution in [0.15, 0.2) is 40.7 Å². The predicted octanol–water partition coefficient (Wildman–Crippen LogP) is 3.72. The Kier molecular flexibility index (Phi) is 11.1. The summed E-state index contributed by atoms with van der Waals surface area (Å²) in [6.45, 7) is 1.75. The second kappa shape index (κ2) is 12.8. The van der Waals surface area contributed by atoms with Crippen LogP contribution in [0.5, 0.6) is 11.5 Å². The number of nitrogens with one attached hydrogen (secondary N) is 2. The molecule has 2 N–H and O–H groups in total. The Hall–Kier alpha value is -1.48. The van der Waals surface area contributed by atoms with E-state index in [0.29, 0.717) is 0 Å². The third kappa shape index (κ3) is 7.41. The van der Waals surface area contributed by atoms with Gasteiger partial charge in [-0.25, -0.2) is 0 Å². The van der Waals surface area contributed by atoms with Gasteiger partial charge in [0.25, 0.3) is 0 Å². The summed E-state index contributed by atoms with van der Waals surface area (Å²) < 4.78 is 10.6. The first-order valence-electron chi connectivity index (χ1n) is 8.44. The molecule has 0 bridgehead atoms. The number of aliphatic imine (C=N–C) groups is 1. The number of ether oxygens (including phenoxy) is 2. The van der Waals surface area contributed by atoms with Crippen LogP contribution in [0.25, 0.3) is 0 Å². The topological polar surface area (TPSA) is 54.9 Å². The summed E-state index contributed by atoms with van der Waals surface area (Å²) in [4.78, 5) is 5.65. The van der Waals surface area contributed by atoms with Crippen molar-refractivity contribution >= 4 is 41.3 Å². The molecule has 0 unspecified atom stereocenters. The molecule has 26 heavy (non-hydrogen) atoms. The Morgan fingerprint density at radius 1 is 1.04 bits per heavy atom. The fourth-order valence-electron chi connectivity index (χ4n) is 2.51. The van der Waals surface area contributed by atoms with Gasteiger partial charge in [-0.15, -0.1) is 35.3 Å². The number of nitrogens with zero attached hydrogens (tertiary/aromatic N) is 1. The fourth-order valence-corrected chi connectivity index (χ4v) is 3.22. The van der Waals surface area contributed by atoms with Crippen molar-refractivity contribution in [3.63, 3.8) is 0 Å². The first kappa shape index (κ1) is 22.6. The average molecular weight is 489 g/mol. The quantitative estimate of drug-likeness (QED) is 0.244. The highest BCUT2D eigenvalue weighted by molar-refractivity contribution is 14.0. The molecule has 2 aromatic rings. The van der Waals surface area contributed by atoms with Crippen LogP contribution in [0.2, 0.25) is 0 Å². The highest BCUT2D eigenvalue weighted by Gasteiger charge is 2.04. The molecule has 0 saturated heterocycles. The SMILES string of the molecule is CN=C(NCCCc1ccc(OC)c(OC)c1)NCCc1cccs1.I. The van der Waals surface area contributed by atoms with Crippen molar-refractivity contribution in [3.05, 3.63) is 46.2 Å². The molecule has 0 radical (unpaired) electrons. The van der Waals surface area contributed by atoms with Gasteiger partial charge in [0.05, 0.1) is 14.2 Å². The molecular weight excluding hydrogens is 461 g/mol. The molecule has 0 saturated carbocycles. The van der Waals surface area contributed by atoms with Crippen molar-refractivity contribution < 1.29 is 9.47 Å². The molecule has 0 aliphatic heterocycles. The van der Waals surface area contributed by atoms with E-state index in [2.05, 4.69) is 39.2 Å². The van der Waals surface area contributed by atoms with E-state index in [1.165, 1.54) is 10.4 Å². The van der Waals surface area contributed by atoms with Gasteiger partial charge in [-0.2, -0.15) is 0 Å². The van der Waals surface area contributed by atoms with Gasteiger partial charge < -0.3 is 20.1 Å². The molecule has 0 aliphatic carbocycles. The lowest BCUT2D eigenvalue weighted by molar-refractivity contribution is 0.354. The second-order valence-electron chi connectivity index (χ2n) is 5.55. The molecule has 7 heteroatoms. The van der Waals surface area contributed by atoms with E-state index >= 15 is 0 Å². The molecule has 0 spiro atoms. The standard InChI is InChI=1S/C19H27N3O2S.HI/c1-20-19(22-12-10-16-7-5-13-25-16)21-11-4-6-15-8-9-17(23-2)18(14-15)24-3;/h5,7-9,13-14H,4,6,10-12H2,1-3H3,(H2,20,21,22);1H. The zero-order chi connectivity index (χ0) is 17.9. The molecule has 1 aromatic heterocycles. The van der Waals surface area contributed by atoms with Gasteiger partial charge in [0.15, 0.2) is 17.5 Å². The number of halogens is 1. The second-order valence-corrected chi connectivity index (χ2v) is 6.58. The number of aryl methyl sites for hydroxylation is 1. The van der Waals surface area contributed by atoms with Crippen LogP contribution in [0.4, 0.5) is 0 Å². The summed E-state index contributed by atoms with van der Waals surface area (Å²) in [5.41, 5.74) is 1.24. The number of thiophene rings is 1. The number of hydrogen-bond acceptors (Lipinski definition) is 4. The average Bonchev–Trinajstić information content (AvgIpc) is 3.16. The van der Waals surface area contributed by atoms with E-state index in [9.17, 15) is 0 Å². The minimum Gasteiger partial charge on any atom is -0.493 e. The van der Waals surface area contributed by atoms with Crippen LogP contribution in [-0.4, -0.2) is 40.3 Å². The first-order valence-corrected chi connectivity index (χ1v) is 9.32. The van der Waals surface area contributed by atoms with E-state index in [4.69, 9.17) is 9.47 Å². The van der Waals surface area contributed by atoms with Crippen LogP contribution in [0.1, 0.15) is 16.9 Å². The maximum atomic E-state index is 5.34. The van der Waals surface area contributed by atoms with Crippen LogP contribution < -0.4 is 20.1 Å². The van der Waals surface area contributed by atoms with Gasteiger partial charge in [0, 0.05) is 25.0 Å². The van der Waals surface area contributed by atoms with Gasteiger partial charge in [0.1, 0.15) is 0 Å². The predicted molar refractivity (Wildman–Crippen MR) is 121 cm³/mol. The molecule has 5 nitrogen and oxygen atoms in total. The summed E-state index contributed by atoms with van der Waals surface area (Å²) >= 11 is 1.79. The number of methoxy groups -OCH3 is 2. The molecular formula is C19H28IN3O2S. The van der Waals surface area contributed by atoms with Crippen molar-refractivity contribution in [2.45, 2.75) is 19.3 Å². The zero-order valence-corrected chi connectivity index (χ0v) is 18.7. The Bertz CT molecular complexity index is 663. The lowest BCUT2D eigenvalue weighted by Gasteiger charge is -2.12. The van der Waals surface area contributed by atoms with Crippen molar-refractivity contribution in [2.24, 2.45) is 4.99 Å². The first-order chi connectivity index (χ1) is 12.3. The maximum Gasteiger partial charge on any atom is 0.190 e. The van der Waals surface area contributed by atoms with Crippen LogP contribution in [-0.2, 0) is 12.8 Å². The third-order valence-electron chi connectivity index (χ3n) is 3.85. The highest BCUT2D eigenvalue weighted by Crippen LogP contribution is 2.27. The summed E-state index contributed by atoms with van der Waals surface area (Å²) in [6, 6.07) is 10.3. The summed E-state index contributed by atoms with van der Waals surface area (Å²) in [5, 5.41) is 8.81. The molecule has 0 atom stereocenters. The summed E-state index contributed by atoms with van der Waals surface area (Å²) in [6.07, 6.45) is 3.00. The van der Waals surface area contributed by atoms with Crippen molar-refractivity contribution in [2.75, 3.05) is 34.4 Å². The molecule has 2 rings (SSSR count). The highest BCUT2D eigenvalue weighted by atomic mass is 127. The van der Waals surface area contributed by atoms with Crippen molar-refractivity contribution in [3.8, 4) is 11.5 Å². The van der Waals surface area contributed by atoms with E-state index in [1.54, 1.807) is 32.6 Å². The zero-order valence-electron chi connectivity index (χ0n) is 15.6. The number of guanidine groups is 1. The van der Waals surface area contributed by atoms with E-state index in [0.717, 1.165) is 49.8 Å². The van der Waals surface area contributed by atoms with Gasteiger partial charge in [-0.1, -0.05) is 12.1 Å². The largest absolute Gasteiger partial charge is 0.493 e. The monoisotopic (exact) mass is 489 g/mol. The molecule has 144 valence electrons. The molecule has 0 aliphatic rings. The molecule has 1 heterocycles. The Balaban J connectivity index is 0.00000338. The van der Waals surface area contributed by atoms with Gasteiger partial charge in [-0.3, -0.25) is 4.99 Å². The molecule has 0 fully saturated rings. The molecule has 1 aromatic carbocycles. The van der Waals surface area contributed by atoms with Crippen LogP contribution >= 0.6 is 35.3 Å². The van der Waals surface area contributed by atoms with Gasteiger partial charge in [0.2, 0.25) is 0 Å². The summed E-state index contributed by atoms with van der Waals surface area (Å²) in [7, 11) is 5.11. The number of rotatable bonds is 9. The molecule has 0 amide bonds. The normalized spacial score (nSPS) is 10.8. The smallest absolute Gasteiger partial charge is 0.190 e. The Labute approximate surface area is 177 Å². The van der Waals surface area contributed by atoms with E-state index in [1.807, 2.05) is 12.1 Å². The van der Waals surface area contributed by atoms with Gasteiger partial charge >= 0.3 is 0 Å². The minimum atomic E-state index is 0.